The summed E-state index contributed by atoms with van der Waals surface area (Å²) in [4.78, 5) is 24.3. The van der Waals surface area contributed by atoms with Gasteiger partial charge in [-0.25, -0.2) is 13.8 Å². The van der Waals surface area contributed by atoms with Gasteiger partial charge in [0.05, 0.1) is 23.5 Å². The van der Waals surface area contributed by atoms with Gasteiger partial charge in [-0.2, -0.15) is 5.10 Å². The lowest BCUT2D eigenvalue weighted by Gasteiger charge is -2.33. The first-order valence-electron chi connectivity index (χ1n) is 13.0. The number of ether oxygens (including phenoxy) is 1. The van der Waals surface area contributed by atoms with Crippen LogP contribution >= 0.6 is 0 Å². The van der Waals surface area contributed by atoms with Gasteiger partial charge in [-0.1, -0.05) is 0 Å². The average molecular weight is 521 g/mol. The van der Waals surface area contributed by atoms with Crippen LogP contribution in [-0.2, 0) is 24.3 Å². The zero-order chi connectivity index (χ0) is 26.2. The van der Waals surface area contributed by atoms with Gasteiger partial charge in [0, 0.05) is 57.5 Å². The van der Waals surface area contributed by atoms with Crippen molar-refractivity contribution in [2.45, 2.75) is 39.3 Å². The number of amides is 1. The van der Waals surface area contributed by atoms with Crippen LogP contribution in [-0.4, -0.2) is 62.1 Å². The maximum Gasteiger partial charge on any atom is 0.219 e. The molecular weight excluding hydrogens is 490 g/mol. The first kappa shape index (κ1) is 24.5. The average Bonchev–Trinajstić information content (AvgIpc) is 3.56. The summed E-state index contributed by atoms with van der Waals surface area (Å²) in [7, 11) is 0. The molecule has 0 aliphatic carbocycles. The Labute approximate surface area is 219 Å². The second kappa shape index (κ2) is 10.2. The number of benzene rings is 2. The molecule has 1 saturated heterocycles. The van der Waals surface area contributed by atoms with E-state index in [1.54, 1.807) is 6.92 Å². The molecule has 1 amide bonds. The van der Waals surface area contributed by atoms with Crippen LogP contribution in [0.15, 0.2) is 36.4 Å². The predicted octanol–water partition coefficient (Wildman–Crippen LogP) is 4.43. The predicted molar refractivity (Wildman–Crippen MR) is 138 cm³/mol. The van der Waals surface area contributed by atoms with Crippen LogP contribution in [0.25, 0.3) is 22.4 Å². The van der Waals surface area contributed by atoms with Crippen molar-refractivity contribution in [2.24, 2.45) is 5.92 Å². The Balaban J connectivity index is 1.09. The molecular formula is C28H30F2N6O2. The van der Waals surface area contributed by atoms with E-state index in [9.17, 15) is 13.6 Å². The summed E-state index contributed by atoms with van der Waals surface area (Å²) < 4.78 is 32.7. The fourth-order valence-electron chi connectivity index (χ4n) is 5.54. The van der Waals surface area contributed by atoms with Gasteiger partial charge in [-0.3, -0.25) is 14.8 Å². The summed E-state index contributed by atoms with van der Waals surface area (Å²) in [6.07, 6.45) is 2.49. The molecule has 2 aliphatic rings. The van der Waals surface area contributed by atoms with Crippen molar-refractivity contribution in [3.63, 3.8) is 0 Å². The molecule has 0 bridgehead atoms. The van der Waals surface area contributed by atoms with Crippen LogP contribution in [0.5, 0.6) is 5.75 Å². The normalized spacial score (nSPS) is 16.3. The van der Waals surface area contributed by atoms with Crippen molar-refractivity contribution in [1.82, 2.24) is 30.0 Å². The highest BCUT2D eigenvalue weighted by molar-refractivity contribution is 5.92. The minimum Gasteiger partial charge on any atom is -0.493 e. The first-order chi connectivity index (χ1) is 18.4. The van der Waals surface area contributed by atoms with Crippen LogP contribution in [0.1, 0.15) is 36.7 Å². The van der Waals surface area contributed by atoms with Crippen molar-refractivity contribution in [3.8, 4) is 17.3 Å². The summed E-state index contributed by atoms with van der Waals surface area (Å²) in [5.41, 5.74) is 4.32. The van der Waals surface area contributed by atoms with Crippen LogP contribution in [0, 0.1) is 17.6 Å². The van der Waals surface area contributed by atoms with E-state index in [4.69, 9.17) is 9.72 Å². The van der Waals surface area contributed by atoms with Crippen molar-refractivity contribution >= 4 is 16.8 Å². The van der Waals surface area contributed by atoms with Crippen LogP contribution in [0.3, 0.4) is 0 Å². The van der Waals surface area contributed by atoms with E-state index in [1.165, 1.54) is 12.1 Å². The fourth-order valence-corrected chi connectivity index (χ4v) is 5.54. The van der Waals surface area contributed by atoms with Crippen LogP contribution in [0.2, 0.25) is 0 Å². The van der Waals surface area contributed by atoms with Gasteiger partial charge in [0.25, 0.3) is 0 Å². The van der Waals surface area contributed by atoms with Crippen LogP contribution < -0.4 is 4.74 Å². The van der Waals surface area contributed by atoms with Gasteiger partial charge >= 0.3 is 0 Å². The highest BCUT2D eigenvalue weighted by Crippen LogP contribution is 2.31. The highest BCUT2D eigenvalue weighted by Gasteiger charge is 2.28. The van der Waals surface area contributed by atoms with Crippen LogP contribution in [0.4, 0.5) is 8.78 Å². The van der Waals surface area contributed by atoms with Gasteiger partial charge in [-0.15, -0.1) is 0 Å². The molecule has 2 aliphatic heterocycles. The number of H-pyrrole nitrogens is 2. The zero-order valence-electron chi connectivity index (χ0n) is 21.3. The molecule has 0 spiro atoms. The number of hydrogen-bond acceptors (Lipinski definition) is 5. The molecule has 2 aromatic carbocycles. The topological polar surface area (TPSA) is 90.1 Å². The maximum atomic E-state index is 13.4. The molecule has 8 nitrogen and oxygen atoms in total. The zero-order valence-corrected chi connectivity index (χ0v) is 21.3. The molecule has 2 aromatic heterocycles. The fraction of sp³-hybridized carbons (Fsp3) is 0.393. The summed E-state index contributed by atoms with van der Waals surface area (Å²) >= 11 is 0. The minimum atomic E-state index is -0.590. The van der Waals surface area contributed by atoms with Gasteiger partial charge in [0.2, 0.25) is 5.91 Å². The monoisotopic (exact) mass is 520 g/mol. The third kappa shape index (κ3) is 5.13. The van der Waals surface area contributed by atoms with Crippen molar-refractivity contribution < 1.29 is 18.3 Å². The van der Waals surface area contributed by atoms with Gasteiger partial charge in [0.15, 0.2) is 5.82 Å². The number of nitrogens with one attached hydrogen (secondary N) is 2. The third-order valence-electron chi connectivity index (χ3n) is 7.54. The molecule has 10 heteroatoms. The molecule has 0 saturated carbocycles. The maximum absolute atomic E-state index is 13.4. The second-order valence-electron chi connectivity index (χ2n) is 10.3. The van der Waals surface area contributed by atoms with E-state index >= 15 is 0 Å². The standard InChI is InChI=1S/C28H30F2N6O2/c1-17(37)36-7-4-18(5-8-36)14-35-15-25-26(16-35)32-28(31-25)27-23-13-22(2-3-24(23)33-34-27)38-9-6-19-10-20(29)12-21(30)11-19/h2-3,10-13,18H,4-9,14-16H2,1H3,(H,31,32)(H,33,34). The molecule has 0 radical (unpaired) electrons. The highest BCUT2D eigenvalue weighted by atomic mass is 19.1. The molecule has 4 aromatic rings. The summed E-state index contributed by atoms with van der Waals surface area (Å²) in [6, 6.07) is 9.15. The number of piperidine rings is 1. The molecule has 6 rings (SSSR count). The molecule has 38 heavy (non-hydrogen) atoms. The number of fused-ring (bicyclic) bond motifs is 2. The van der Waals surface area contributed by atoms with E-state index in [-0.39, 0.29) is 5.91 Å². The Morgan fingerprint density at radius 3 is 2.63 bits per heavy atom. The largest absolute Gasteiger partial charge is 0.493 e. The van der Waals surface area contributed by atoms with Crippen molar-refractivity contribution in [2.75, 3.05) is 26.2 Å². The van der Waals surface area contributed by atoms with Gasteiger partial charge in [0.1, 0.15) is 23.1 Å². The molecule has 4 heterocycles. The lowest BCUT2D eigenvalue weighted by molar-refractivity contribution is -0.130. The first-order valence-corrected chi connectivity index (χ1v) is 13.0. The number of likely N-dealkylation sites (tertiary alicyclic amines) is 1. The van der Waals surface area contributed by atoms with Crippen molar-refractivity contribution in [3.05, 3.63) is 65.0 Å². The molecule has 2 N–H and O–H groups in total. The molecule has 0 unspecified atom stereocenters. The number of rotatable bonds is 7. The number of carbonyl (C=O) groups excluding carboxylic acids is 1. The Bertz CT molecular complexity index is 1430. The molecule has 198 valence electrons. The number of imidazole rings is 1. The third-order valence-corrected chi connectivity index (χ3v) is 7.54. The summed E-state index contributed by atoms with van der Waals surface area (Å²) in [5, 5.41) is 8.45. The Morgan fingerprint density at radius 1 is 1.11 bits per heavy atom. The number of carbonyl (C=O) groups is 1. The Morgan fingerprint density at radius 2 is 1.89 bits per heavy atom. The summed E-state index contributed by atoms with van der Waals surface area (Å²) in [5.74, 6) is 0.964. The minimum absolute atomic E-state index is 0.168. The number of nitrogens with zero attached hydrogens (tertiary/aromatic N) is 4. The SMILES string of the molecule is CC(=O)N1CCC(CN2Cc3nc(-c4n[nH]c5ccc(OCCc6cc(F)cc(F)c6)cc45)[nH]c3C2)CC1. The number of hydrogen-bond donors (Lipinski definition) is 2. The smallest absolute Gasteiger partial charge is 0.219 e. The number of halogens is 2. The Hall–Kier alpha value is -3.79. The number of aromatic nitrogens is 4. The van der Waals surface area contributed by atoms with E-state index in [1.807, 2.05) is 23.1 Å². The van der Waals surface area contributed by atoms with Gasteiger partial charge in [-0.05, 0) is 54.7 Å². The quantitative estimate of drug-likeness (QED) is 0.376. The second-order valence-corrected chi connectivity index (χ2v) is 10.3. The van der Waals surface area contributed by atoms with E-state index in [0.717, 1.165) is 85.4 Å². The van der Waals surface area contributed by atoms with E-state index in [2.05, 4.69) is 20.1 Å². The lowest BCUT2D eigenvalue weighted by atomic mass is 9.96. The lowest BCUT2D eigenvalue weighted by Crippen LogP contribution is -2.39. The van der Waals surface area contributed by atoms with E-state index < -0.39 is 11.6 Å². The molecule has 0 atom stereocenters. The Kier molecular flexibility index (Phi) is 6.57. The summed E-state index contributed by atoms with van der Waals surface area (Å²) in [6.45, 7) is 6.28. The number of aromatic amines is 2. The van der Waals surface area contributed by atoms with E-state index in [0.29, 0.717) is 30.3 Å². The van der Waals surface area contributed by atoms with Crippen molar-refractivity contribution in [1.29, 1.82) is 0 Å². The van der Waals surface area contributed by atoms with Gasteiger partial charge < -0.3 is 14.6 Å². The molecule has 1 fully saturated rings.